The Hall–Kier alpha value is -3.52. The molecule has 0 unspecified atom stereocenters. The zero-order valence-electron chi connectivity index (χ0n) is 15.0. The first-order valence-corrected chi connectivity index (χ1v) is 9.46. The van der Waals surface area contributed by atoms with Gasteiger partial charge in [-0.25, -0.2) is 4.98 Å². The summed E-state index contributed by atoms with van der Waals surface area (Å²) in [5.41, 5.74) is 1.17. The molecule has 28 heavy (non-hydrogen) atoms. The van der Waals surface area contributed by atoms with Gasteiger partial charge in [0.1, 0.15) is 11.4 Å². The number of hydrogen-bond donors (Lipinski definition) is 1. The number of nitrogens with one attached hydrogen (secondary N) is 1. The lowest BCUT2D eigenvalue weighted by atomic mass is 10.3. The molecule has 4 rings (SSSR count). The van der Waals surface area contributed by atoms with Crippen molar-refractivity contribution in [3.05, 3.63) is 76.7 Å². The highest BCUT2D eigenvalue weighted by atomic mass is 32.1. The van der Waals surface area contributed by atoms with Gasteiger partial charge in [-0.05, 0) is 43.3 Å². The van der Waals surface area contributed by atoms with Crippen LogP contribution in [0.1, 0.15) is 17.4 Å². The SMILES string of the molecule is CCOc1ccc2nc(NC(=O)c3ccc(=O)n(-c4ccccc4)n3)sc2c1. The molecule has 0 saturated heterocycles. The molecule has 2 heterocycles. The maximum atomic E-state index is 12.6. The van der Waals surface area contributed by atoms with Gasteiger partial charge in [0.05, 0.1) is 22.5 Å². The Kier molecular flexibility index (Phi) is 4.86. The fourth-order valence-electron chi connectivity index (χ4n) is 2.66. The van der Waals surface area contributed by atoms with Crippen LogP contribution in [0, 0.1) is 0 Å². The van der Waals surface area contributed by atoms with Crippen LogP contribution in [0.15, 0.2) is 65.5 Å². The largest absolute Gasteiger partial charge is 0.494 e. The number of ether oxygens (including phenoxy) is 1. The zero-order valence-corrected chi connectivity index (χ0v) is 15.8. The highest BCUT2D eigenvalue weighted by molar-refractivity contribution is 7.22. The first-order valence-electron chi connectivity index (χ1n) is 8.64. The summed E-state index contributed by atoms with van der Waals surface area (Å²) >= 11 is 1.34. The summed E-state index contributed by atoms with van der Waals surface area (Å²) in [7, 11) is 0. The zero-order chi connectivity index (χ0) is 19.5. The number of fused-ring (bicyclic) bond motifs is 1. The molecule has 0 radical (unpaired) electrons. The topological polar surface area (TPSA) is 86.1 Å². The maximum Gasteiger partial charge on any atom is 0.277 e. The number of para-hydroxylation sites is 1. The van der Waals surface area contributed by atoms with Gasteiger partial charge in [-0.3, -0.25) is 14.9 Å². The van der Waals surface area contributed by atoms with Gasteiger partial charge in [-0.15, -0.1) is 0 Å². The second kappa shape index (κ2) is 7.61. The van der Waals surface area contributed by atoms with Crippen LogP contribution in [0.3, 0.4) is 0 Å². The van der Waals surface area contributed by atoms with Gasteiger partial charge in [0.15, 0.2) is 5.13 Å². The van der Waals surface area contributed by atoms with Crippen molar-refractivity contribution in [3.63, 3.8) is 0 Å². The van der Waals surface area contributed by atoms with Gasteiger partial charge >= 0.3 is 0 Å². The standard InChI is InChI=1S/C20H16N4O3S/c1-2-27-14-8-9-15-17(12-14)28-20(21-15)22-19(26)16-10-11-18(25)24(23-16)13-6-4-3-5-7-13/h3-12H,2H2,1H3,(H,21,22,26). The van der Waals surface area contributed by atoms with Crippen molar-refractivity contribution in [1.82, 2.24) is 14.8 Å². The quantitative estimate of drug-likeness (QED) is 0.562. The predicted molar refractivity (Wildman–Crippen MR) is 109 cm³/mol. The molecule has 0 aliphatic rings. The highest BCUT2D eigenvalue weighted by Gasteiger charge is 2.14. The summed E-state index contributed by atoms with van der Waals surface area (Å²) in [6.07, 6.45) is 0. The number of amides is 1. The molecule has 0 fully saturated rings. The molecule has 8 heteroatoms. The van der Waals surface area contributed by atoms with Crippen molar-refractivity contribution in [2.75, 3.05) is 11.9 Å². The van der Waals surface area contributed by atoms with Crippen molar-refractivity contribution < 1.29 is 9.53 Å². The minimum atomic E-state index is -0.436. The van der Waals surface area contributed by atoms with E-state index >= 15 is 0 Å². The Bertz CT molecular complexity index is 1200. The van der Waals surface area contributed by atoms with Gasteiger partial charge in [-0.1, -0.05) is 29.5 Å². The Morgan fingerprint density at radius 2 is 1.96 bits per heavy atom. The normalized spacial score (nSPS) is 10.8. The Morgan fingerprint density at radius 1 is 1.14 bits per heavy atom. The van der Waals surface area contributed by atoms with Crippen LogP contribution in [-0.2, 0) is 0 Å². The molecule has 2 aromatic heterocycles. The third kappa shape index (κ3) is 3.63. The molecule has 7 nitrogen and oxygen atoms in total. The van der Waals surface area contributed by atoms with Crippen LogP contribution in [-0.4, -0.2) is 27.3 Å². The van der Waals surface area contributed by atoms with E-state index < -0.39 is 5.91 Å². The van der Waals surface area contributed by atoms with Crippen molar-refractivity contribution in [1.29, 1.82) is 0 Å². The minimum absolute atomic E-state index is 0.123. The average Bonchev–Trinajstić information content (AvgIpc) is 3.10. The summed E-state index contributed by atoms with van der Waals surface area (Å²) < 4.78 is 7.59. The summed E-state index contributed by atoms with van der Waals surface area (Å²) in [4.78, 5) is 29.1. The number of thiazole rings is 1. The lowest BCUT2D eigenvalue weighted by molar-refractivity contribution is 0.102. The molecule has 0 bridgehead atoms. The third-order valence-electron chi connectivity index (χ3n) is 3.93. The number of carbonyl (C=O) groups is 1. The number of anilines is 1. The fraction of sp³-hybridized carbons (Fsp3) is 0.100. The molecule has 0 spiro atoms. The Morgan fingerprint density at radius 3 is 2.75 bits per heavy atom. The lowest BCUT2D eigenvalue weighted by Crippen LogP contribution is -2.24. The van der Waals surface area contributed by atoms with Crippen LogP contribution in [0.2, 0.25) is 0 Å². The maximum absolute atomic E-state index is 12.6. The first kappa shape index (κ1) is 17.9. The van der Waals surface area contributed by atoms with Crippen LogP contribution >= 0.6 is 11.3 Å². The fourth-order valence-corrected chi connectivity index (χ4v) is 3.55. The van der Waals surface area contributed by atoms with E-state index in [9.17, 15) is 9.59 Å². The van der Waals surface area contributed by atoms with Gasteiger partial charge in [-0.2, -0.15) is 9.78 Å². The summed E-state index contributed by atoms with van der Waals surface area (Å²) in [5.74, 6) is 0.321. The minimum Gasteiger partial charge on any atom is -0.494 e. The number of rotatable bonds is 5. The summed E-state index contributed by atoms with van der Waals surface area (Å²) in [6, 6.07) is 17.2. The van der Waals surface area contributed by atoms with Crippen LogP contribution in [0.4, 0.5) is 5.13 Å². The van der Waals surface area contributed by atoms with E-state index in [4.69, 9.17) is 4.74 Å². The second-order valence-corrected chi connectivity index (χ2v) is 6.87. The van der Waals surface area contributed by atoms with Crippen molar-refractivity contribution >= 4 is 32.6 Å². The average molecular weight is 392 g/mol. The van der Waals surface area contributed by atoms with E-state index in [-0.39, 0.29) is 11.3 Å². The van der Waals surface area contributed by atoms with Gasteiger partial charge in [0.2, 0.25) is 0 Å². The number of carbonyl (C=O) groups excluding carboxylic acids is 1. The first-order chi connectivity index (χ1) is 13.6. The number of benzene rings is 2. The van der Waals surface area contributed by atoms with E-state index in [1.165, 1.54) is 28.2 Å². The molecular weight excluding hydrogens is 376 g/mol. The van der Waals surface area contributed by atoms with E-state index in [1.54, 1.807) is 24.3 Å². The van der Waals surface area contributed by atoms with Gasteiger partial charge < -0.3 is 4.74 Å². The molecule has 0 aliphatic heterocycles. The number of hydrogen-bond acceptors (Lipinski definition) is 6. The molecular formula is C20H16N4O3S. The Labute approximate surface area is 164 Å². The molecule has 2 aromatic carbocycles. The van der Waals surface area contributed by atoms with E-state index in [0.29, 0.717) is 17.4 Å². The summed E-state index contributed by atoms with van der Waals surface area (Å²) in [6.45, 7) is 2.50. The third-order valence-corrected chi connectivity index (χ3v) is 4.86. The molecule has 1 N–H and O–H groups in total. The van der Waals surface area contributed by atoms with Crippen molar-refractivity contribution in [2.45, 2.75) is 6.92 Å². The second-order valence-electron chi connectivity index (χ2n) is 5.84. The molecule has 4 aromatic rings. The van der Waals surface area contributed by atoms with Gasteiger partial charge in [0.25, 0.3) is 11.5 Å². The number of nitrogens with zero attached hydrogens (tertiary/aromatic N) is 3. The van der Waals surface area contributed by atoms with Crippen molar-refractivity contribution in [2.24, 2.45) is 0 Å². The molecule has 140 valence electrons. The van der Waals surface area contributed by atoms with Crippen LogP contribution in [0.5, 0.6) is 5.75 Å². The highest BCUT2D eigenvalue weighted by Crippen LogP contribution is 2.29. The van der Waals surface area contributed by atoms with Crippen LogP contribution in [0.25, 0.3) is 15.9 Å². The molecule has 0 atom stereocenters. The van der Waals surface area contributed by atoms with E-state index in [1.807, 2.05) is 31.2 Å². The smallest absolute Gasteiger partial charge is 0.277 e. The summed E-state index contributed by atoms with van der Waals surface area (Å²) in [5, 5.41) is 7.38. The van der Waals surface area contributed by atoms with Crippen LogP contribution < -0.4 is 15.6 Å². The molecule has 0 aliphatic carbocycles. The number of aromatic nitrogens is 3. The van der Waals surface area contributed by atoms with Gasteiger partial charge in [0, 0.05) is 6.07 Å². The Balaban J connectivity index is 1.60. The monoisotopic (exact) mass is 392 g/mol. The molecule has 0 saturated carbocycles. The lowest BCUT2D eigenvalue weighted by Gasteiger charge is -2.06. The molecule has 1 amide bonds. The van der Waals surface area contributed by atoms with Crippen molar-refractivity contribution in [3.8, 4) is 11.4 Å². The predicted octanol–water partition coefficient (Wildman–Crippen LogP) is 3.49. The van der Waals surface area contributed by atoms with E-state index in [2.05, 4.69) is 15.4 Å². The van der Waals surface area contributed by atoms with E-state index in [0.717, 1.165) is 16.0 Å².